The Morgan fingerprint density at radius 1 is 1.09 bits per heavy atom. The molecule has 1 fully saturated rings. The Labute approximate surface area is 192 Å². The number of aromatic nitrogens is 2. The normalized spacial score (nSPS) is 18.4. The molecule has 5 nitrogen and oxygen atoms in total. The molecule has 0 radical (unpaired) electrons. The van der Waals surface area contributed by atoms with E-state index >= 15 is 0 Å². The standard InChI is InChI=1S/C26H28F2N2O3/c1-17-25(22-12-11-21(27)13-23(22)28)26(20-5-3-2-4-6-20)29-30(17)14-18-7-9-19(10-8-18)15-33-16-24(31)32/h2-6,11-13,18-19H,7-10,14-16H2,1H3,(H,31,32)/t18-,19+. The largest absolute Gasteiger partial charge is 0.480 e. The molecule has 0 bridgehead atoms. The maximum atomic E-state index is 14.7. The lowest BCUT2D eigenvalue weighted by molar-refractivity contribution is -0.142. The highest BCUT2D eigenvalue weighted by Gasteiger charge is 2.25. The SMILES string of the molecule is Cc1c(-c2ccc(F)cc2F)c(-c2ccccc2)nn1C[C@H]1CC[C@@H](COCC(=O)O)CC1. The molecule has 1 saturated carbocycles. The number of aliphatic carboxylic acids is 1. The number of benzene rings is 2. The number of rotatable bonds is 8. The Balaban J connectivity index is 1.55. The predicted octanol–water partition coefficient (Wildman–Crippen LogP) is 5.71. The van der Waals surface area contributed by atoms with Gasteiger partial charge < -0.3 is 9.84 Å². The van der Waals surface area contributed by atoms with E-state index in [1.54, 1.807) is 0 Å². The summed E-state index contributed by atoms with van der Waals surface area (Å²) in [6.45, 7) is 2.88. The number of hydrogen-bond acceptors (Lipinski definition) is 3. The highest BCUT2D eigenvalue weighted by molar-refractivity contribution is 5.83. The number of hydrogen-bond donors (Lipinski definition) is 1. The molecular formula is C26H28F2N2O3. The van der Waals surface area contributed by atoms with Crippen molar-refractivity contribution in [1.82, 2.24) is 9.78 Å². The first-order chi connectivity index (χ1) is 15.9. The number of ether oxygens (including phenoxy) is 1. The quantitative estimate of drug-likeness (QED) is 0.473. The van der Waals surface area contributed by atoms with E-state index in [4.69, 9.17) is 14.9 Å². The van der Waals surface area contributed by atoms with Crippen molar-refractivity contribution < 1.29 is 23.4 Å². The number of halogens is 2. The van der Waals surface area contributed by atoms with Gasteiger partial charge in [0.2, 0.25) is 0 Å². The number of nitrogens with zero attached hydrogens (tertiary/aromatic N) is 2. The zero-order valence-electron chi connectivity index (χ0n) is 18.6. The molecule has 1 N–H and O–H groups in total. The van der Waals surface area contributed by atoms with Gasteiger partial charge in [-0.2, -0.15) is 5.10 Å². The van der Waals surface area contributed by atoms with Crippen LogP contribution >= 0.6 is 0 Å². The lowest BCUT2D eigenvalue weighted by Gasteiger charge is -2.28. The zero-order chi connectivity index (χ0) is 23.4. The molecule has 1 aliphatic carbocycles. The zero-order valence-corrected chi connectivity index (χ0v) is 18.6. The van der Waals surface area contributed by atoms with E-state index in [2.05, 4.69) is 0 Å². The van der Waals surface area contributed by atoms with Gasteiger partial charge in [-0.25, -0.2) is 13.6 Å². The van der Waals surface area contributed by atoms with Gasteiger partial charge in [0.15, 0.2) is 0 Å². The molecule has 0 amide bonds. The fourth-order valence-corrected chi connectivity index (χ4v) is 4.67. The minimum Gasteiger partial charge on any atom is -0.480 e. The maximum Gasteiger partial charge on any atom is 0.329 e. The van der Waals surface area contributed by atoms with Gasteiger partial charge in [-0.3, -0.25) is 4.68 Å². The molecule has 3 aromatic rings. The highest BCUT2D eigenvalue weighted by atomic mass is 19.1. The monoisotopic (exact) mass is 454 g/mol. The first-order valence-electron chi connectivity index (χ1n) is 11.3. The first kappa shape index (κ1) is 23.1. The molecule has 0 atom stereocenters. The van der Waals surface area contributed by atoms with Crippen LogP contribution in [0.2, 0.25) is 0 Å². The van der Waals surface area contributed by atoms with Crippen LogP contribution in [-0.2, 0) is 16.1 Å². The van der Waals surface area contributed by atoms with E-state index in [9.17, 15) is 13.6 Å². The first-order valence-corrected chi connectivity index (χ1v) is 11.3. The fraction of sp³-hybridized carbons (Fsp3) is 0.385. The van der Waals surface area contributed by atoms with Crippen LogP contribution in [0.25, 0.3) is 22.4 Å². The molecule has 33 heavy (non-hydrogen) atoms. The Kier molecular flexibility index (Phi) is 7.18. The third kappa shape index (κ3) is 5.47. The van der Waals surface area contributed by atoms with E-state index < -0.39 is 17.6 Å². The summed E-state index contributed by atoms with van der Waals surface area (Å²) in [5, 5.41) is 13.6. The molecule has 7 heteroatoms. The minimum atomic E-state index is -0.944. The van der Waals surface area contributed by atoms with Crippen molar-refractivity contribution in [2.45, 2.75) is 39.2 Å². The van der Waals surface area contributed by atoms with Crippen LogP contribution in [0.1, 0.15) is 31.4 Å². The Morgan fingerprint density at radius 2 is 1.79 bits per heavy atom. The second-order valence-electron chi connectivity index (χ2n) is 8.78. The molecule has 2 aromatic carbocycles. The van der Waals surface area contributed by atoms with Crippen LogP contribution < -0.4 is 0 Å². The minimum absolute atomic E-state index is 0.253. The van der Waals surface area contributed by atoms with Crippen molar-refractivity contribution in [2.75, 3.05) is 13.2 Å². The van der Waals surface area contributed by atoms with E-state index in [0.717, 1.165) is 49.6 Å². The molecule has 0 saturated heterocycles. The van der Waals surface area contributed by atoms with Crippen molar-refractivity contribution in [3.63, 3.8) is 0 Å². The number of carboxylic acids is 1. The lowest BCUT2D eigenvalue weighted by atomic mass is 9.82. The van der Waals surface area contributed by atoms with Crippen molar-refractivity contribution in [3.05, 3.63) is 65.9 Å². The third-order valence-electron chi connectivity index (χ3n) is 6.43. The van der Waals surface area contributed by atoms with Gasteiger partial charge in [0.05, 0.1) is 6.61 Å². The predicted molar refractivity (Wildman–Crippen MR) is 122 cm³/mol. The topological polar surface area (TPSA) is 64.4 Å². The Hall–Kier alpha value is -3.06. The molecule has 1 aromatic heterocycles. The Bertz CT molecular complexity index is 1110. The van der Waals surface area contributed by atoms with Crippen molar-refractivity contribution in [3.8, 4) is 22.4 Å². The second kappa shape index (κ2) is 10.3. The van der Waals surface area contributed by atoms with Gasteiger partial charge >= 0.3 is 5.97 Å². The van der Waals surface area contributed by atoms with Crippen LogP contribution in [0.4, 0.5) is 8.78 Å². The molecule has 1 aliphatic rings. The molecule has 0 spiro atoms. The van der Waals surface area contributed by atoms with Gasteiger partial charge in [-0.05, 0) is 56.6 Å². The average Bonchev–Trinajstić information content (AvgIpc) is 3.11. The molecule has 174 valence electrons. The van der Waals surface area contributed by atoms with Crippen LogP contribution in [-0.4, -0.2) is 34.1 Å². The molecule has 1 heterocycles. The lowest BCUT2D eigenvalue weighted by Crippen LogP contribution is -2.23. The van der Waals surface area contributed by atoms with Crippen LogP contribution in [0.15, 0.2) is 48.5 Å². The van der Waals surface area contributed by atoms with E-state index in [-0.39, 0.29) is 6.61 Å². The van der Waals surface area contributed by atoms with Crippen molar-refractivity contribution >= 4 is 5.97 Å². The summed E-state index contributed by atoms with van der Waals surface area (Å²) in [5.74, 6) is -1.35. The molecule has 0 aliphatic heterocycles. The van der Waals surface area contributed by atoms with Gasteiger partial charge in [0.1, 0.15) is 23.9 Å². The Morgan fingerprint density at radius 3 is 2.45 bits per heavy atom. The second-order valence-corrected chi connectivity index (χ2v) is 8.78. The summed E-state index contributed by atoms with van der Waals surface area (Å²) >= 11 is 0. The van der Waals surface area contributed by atoms with Crippen LogP contribution in [0, 0.1) is 30.4 Å². The van der Waals surface area contributed by atoms with Gasteiger partial charge in [0.25, 0.3) is 0 Å². The summed E-state index contributed by atoms with van der Waals surface area (Å²) in [5.41, 5.74) is 3.46. The maximum absolute atomic E-state index is 14.7. The summed E-state index contributed by atoms with van der Waals surface area (Å²) in [6.07, 6.45) is 3.97. The molecular weight excluding hydrogens is 426 g/mol. The summed E-state index contributed by atoms with van der Waals surface area (Å²) in [4.78, 5) is 10.6. The summed E-state index contributed by atoms with van der Waals surface area (Å²) in [6, 6.07) is 13.3. The van der Waals surface area contributed by atoms with Gasteiger partial charge in [-0.1, -0.05) is 30.3 Å². The number of carbonyl (C=O) groups is 1. The van der Waals surface area contributed by atoms with Crippen molar-refractivity contribution in [2.24, 2.45) is 11.8 Å². The third-order valence-corrected chi connectivity index (χ3v) is 6.43. The summed E-state index contributed by atoms with van der Waals surface area (Å²) in [7, 11) is 0. The average molecular weight is 455 g/mol. The van der Waals surface area contributed by atoms with E-state index in [0.29, 0.717) is 35.3 Å². The van der Waals surface area contributed by atoms with Crippen LogP contribution in [0.5, 0.6) is 0 Å². The summed E-state index contributed by atoms with van der Waals surface area (Å²) < 4.78 is 35.5. The van der Waals surface area contributed by atoms with E-state index in [1.165, 1.54) is 12.1 Å². The van der Waals surface area contributed by atoms with Crippen LogP contribution in [0.3, 0.4) is 0 Å². The molecule has 0 unspecified atom stereocenters. The fourth-order valence-electron chi connectivity index (χ4n) is 4.67. The number of carboxylic acid groups (broad SMARTS) is 1. The van der Waals surface area contributed by atoms with E-state index in [1.807, 2.05) is 41.9 Å². The van der Waals surface area contributed by atoms with Gasteiger partial charge in [-0.15, -0.1) is 0 Å². The smallest absolute Gasteiger partial charge is 0.329 e. The van der Waals surface area contributed by atoms with Crippen molar-refractivity contribution in [1.29, 1.82) is 0 Å². The van der Waals surface area contributed by atoms with Gasteiger partial charge in [0, 0.05) is 35.0 Å². The highest BCUT2D eigenvalue weighted by Crippen LogP contribution is 2.37. The molecule has 4 rings (SSSR count).